The molecule has 0 heterocycles. The van der Waals surface area contributed by atoms with Gasteiger partial charge in [0.25, 0.3) is 21.6 Å². The van der Waals surface area contributed by atoms with Crippen molar-refractivity contribution in [2.24, 2.45) is 0 Å². The molecular formula is C13H9Cl2N3O5S. The third-order valence-electron chi connectivity index (χ3n) is 2.83. The zero-order valence-electron chi connectivity index (χ0n) is 11.7. The highest BCUT2D eigenvalue weighted by atomic mass is 35.5. The van der Waals surface area contributed by atoms with Gasteiger partial charge in [0.1, 0.15) is 0 Å². The fourth-order valence-corrected chi connectivity index (χ4v) is 2.87. The maximum atomic E-state index is 12.0. The van der Waals surface area contributed by atoms with Gasteiger partial charge in [-0.3, -0.25) is 20.3 Å². The Morgan fingerprint density at radius 2 is 1.71 bits per heavy atom. The predicted molar refractivity (Wildman–Crippen MR) is 87.3 cm³/mol. The Morgan fingerprint density at radius 1 is 1.08 bits per heavy atom. The van der Waals surface area contributed by atoms with E-state index < -0.39 is 20.9 Å². The summed E-state index contributed by atoms with van der Waals surface area (Å²) in [5.74, 6) is -0.812. The first kappa shape index (κ1) is 18.1. The lowest BCUT2D eigenvalue weighted by molar-refractivity contribution is -0.384. The van der Waals surface area contributed by atoms with Crippen molar-refractivity contribution in [2.75, 3.05) is 0 Å². The van der Waals surface area contributed by atoms with Gasteiger partial charge in [0, 0.05) is 17.2 Å². The first-order valence-electron chi connectivity index (χ1n) is 6.22. The van der Waals surface area contributed by atoms with Gasteiger partial charge in [-0.1, -0.05) is 23.2 Å². The molecule has 0 atom stereocenters. The first-order valence-corrected chi connectivity index (χ1v) is 8.46. The van der Waals surface area contributed by atoms with E-state index in [4.69, 9.17) is 23.2 Å². The van der Waals surface area contributed by atoms with Crippen LogP contribution in [0.3, 0.4) is 0 Å². The molecule has 0 aromatic heterocycles. The Kier molecular flexibility index (Phi) is 5.40. The van der Waals surface area contributed by atoms with Crippen LogP contribution in [-0.2, 0) is 10.0 Å². The molecule has 0 saturated carbocycles. The van der Waals surface area contributed by atoms with Crippen molar-refractivity contribution in [3.05, 3.63) is 68.2 Å². The summed E-state index contributed by atoms with van der Waals surface area (Å²) in [4.78, 5) is 23.5. The molecule has 0 fully saturated rings. The van der Waals surface area contributed by atoms with Crippen LogP contribution in [0.25, 0.3) is 0 Å². The van der Waals surface area contributed by atoms with Gasteiger partial charge in [-0.2, -0.15) is 0 Å². The molecule has 0 aliphatic rings. The highest BCUT2D eigenvalue weighted by Crippen LogP contribution is 2.20. The smallest absolute Gasteiger partial charge is 0.269 e. The summed E-state index contributed by atoms with van der Waals surface area (Å²) in [6.07, 6.45) is 0. The number of hydrogen-bond acceptors (Lipinski definition) is 5. The number of non-ortho nitro benzene ring substituents is 1. The number of carbonyl (C=O) groups excluding carboxylic acids is 1. The van der Waals surface area contributed by atoms with E-state index in [0.717, 1.165) is 24.3 Å². The molecule has 11 heteroatoms. The van der Waals surface area contributed by atoms with Crippen LogP contribution in [0.5, 0.6) is 0 Å². The average Bonchev–Trinajstić information content (AvgIpc) is 2.55. The Hall–Kier alpha value is -2.20. The monoisotopic (exact) mass is 389 g/mol. The Balaban J connectivity index is 2.13. The van der Waals surface area contributed by atoms with Gasteiger partial charge >= 0.3 is 0 Å². The summed E-state index contributed by atoms with van der Waals surface area (Å²) in [6, 6.07) is 8.29. The molecular weight excluding hydrogens is 381 g/mol. The largest absolute Gasteiger partial charge is 0.273 e. The summed E-state index contributed by atoms with van der Waals surface area (Å²) in [6.45, 7) is 0. The van der Waals surface area contributed by atoms with E-state index >= 15 is 0 Å². The van der Waals surface area contributed by atoms with Crippen molar-refractivity contribution in [3.8, 4) is 0 Å². The van der Waals surface area contributed by atoms with Crippen LogP contribution in [0.2, 0.25) is 10.0 Å². The zero-order chi connectivity index (χ0) is 17.9. The summed E-state index contributed by atoms with van der Waals surface area (Å²) >= 11 is 11.6. The van der Waals surface area contributed by atoms with Gasteiger partial charge in [0.2, 0.25) is 0 Å². The van der Waals surface area contributed by atoms with E-state index in [2.05, 4.69) is 0 Å². The molecule has 0 aliphatic heterocycles. The van der Waals surface area contributed by atoms with Crippen LogP contribution >= 0.6 is 23.2 Å². The summed E-state index contributed by atoms with van der Waals surface area (Å²) in [7, 11) is -4.11. The molecule has 2 rings (SSSR count). The first-order chi connectivity index (χ1) is 11.2. The second kappa shape index (κ2) is 7.14. The van der Waals surface area contributed by atoms with Crippen LogP contribution in [0.15, 0.2) is 47.4 Å². The third-order valence-corrected chi connectivity index (χ3v) is 4.66. The van der Waals surface area contributed by atoms with E-state index in [9.17, 15) is 23.3 Å². The molecule has 8 nitrogen and oxygen atoms in total. The molecule has 0 unspecified atom stereocenters. The minimum Gasteiger partial charge on any atom is -0.273 e. The maximum Gasteiger partial charge on any atom is 0.269 e. The van der Waals surface area contributed by atoms with Crippen LogP contribution < -0.4 is 10.3 Å². The normalized spacial score (nSPS) is 11.1. The van der Waals surface area contributed by atoms with E-state index in [0.29, 0.717) is 0 Å². The molecule has 2 aromatic rings. The van der Waals surface area contributed by atoms with Crippen molar-refractivity contribution < 1.29 is 18.1 Å². The number of nitrogens with zero attached hydrogens (tertiary/aromatic N) is 1. The van der Waals surface area contributed by atoms with Crippen molar-refractivity contribution in [1.82, 2.24) is 10.3 Å². The molecule has 1 amide bonds. The third kappa shape index (κ3) is 4.20. The Bertz CT molecular complexity index is 900. The highest BCUT2D eigenvalue weighted by Gasteiger charge is 2.18. The fraction of sp³-hybridized carbons (Fsp3) is 0. The maximum absolute atomic E-state index is 12.0. The second-order valence-electron chi connectivity index (χ2n) is 4.43. The lowest BCUT2D eigenvalue weighted by atomic mass is 10.2. The van der Waals surface area contributed by atoms with Crippen molar-refractivity contribution in [3.63, 3.8) is 0 Å². The number of nitrogens with one attached hydrogen (secondary N) is 2. The summed E-state index contributed by atoms with van der Waals surface area (Å²) in [5, 5.41) is 10.9. The molecule has 24 heavy (non-hydrogen) atoms. The van der Waals surface area contributed by atoms with E-state index in [1.165, 1.54) is 18.2 Å². The molecule has 0 radical (unpaired) electrons. The van der Waals surface area contributed by atoms with E-state index in [1.54, 1.807) is 0 Å². The second-order valence-corrected chi connectivity index (χ2v) is 6.96. The van der Waals surface area contributed by atoms with Gasteiger partial charge in [-0.25, -0.2) is 8.42 Å². The number of benzene rings is 2. The molecule has 2 N–H and O–H groups in total. The number of sulfonamides is 1. The van der Waals surface area contributed by atoms with Crippen molar-refractivity contribution in [1.29, 1.82) is 0 Å². The van der Waals surface area contributed by atoms with Crippen molar-refractivity contribution >= 4 is 44.8 Å². The van der Waals surface area contributed by atoms with Gasteiger partial charge in [0.05, 0.1) is 20.4 Å². The van der Waals surface area contributed by atoms with Gasteiger partial charge < -0.3 is 0 Å². The molecule has 0 saturated heterocycles. The molecule has 126 valence electrons. The molecule has 0 aliphatic carbocycles. The molecule has 2 aromatic carbocycles. The number of hydrazine groups is 1. The van der Waals surface area contributed by atoms with Gasteiger partial charge in [-0.15, -0.1) is 4.83 Å². The number of carbonyl (C=O) groups is 1. The molecule has 0 bridgehead atoms. The van der Waals surface area contributed by atoms with Crippen LogP contribution in [-0.4, -0.2) is 19.2 Å². The van der Waals surface area contributed by atoms with E-state index in [-0.39, 0.29) is 26.2 Å². The van der Waals surface area contributed by atoms with Gasteiger partial charge in [-0.05, 0) is 30.3 Å². The topological polar surface area (TPSA) is 118 Å². The lowest BCUT2D eigenvalue weighted by Crippen LogP contribution is -2.41. The van der Waals surface area contributed by atoms with Gasteiger partial charge in [0.15, 0.2) is 0 Å². The minimum atomic E-state index is -4.11. The SMILES string of the molecule is O=C(NNS(=O)(=O)c1ccc([N+](=O)[O-])cc1)c1cc(Cl)ccc1Cl. The number of rotatable bonds is 5. The number of nitro benzene ring substituents is 1. The van der Waals surface area contributed by atoms with E-state index in [1.807, 2.05) is 10.3 Å². The standard InChI is InChI=1S/C13H9Cl2N3O5S/c14-8-1-6-12(15)11(7-8)13(19)16-17-24(22,23)10-4-2-9(3-5-10)18(20)21/h1-7,17H,(H,16,19). The zero-order valence-corrected chi connectivity index (χ0v) is 14.0. The summed E-state index contributed by atoms with van der Waals surface area (Å²) in [5.41, 5.74) is 1.71. The predicted octanol–water partition coefficient (Wildman–Crippen LogP) is 2.52. The number of halogens is 2. The number of nitro groups is 1. The highest BCUT2D eigenvalue weighted by molar-refractivity contribution is 7.89. The van der Waals surface area contributed by atoms with Crippen LogP contribution in [0, 0.1) is 10.1 Å². The Labute approximate surface area is 146 Å². The quantitative estimate of drug-likeness (QED) is 0.601. The van der Waals surface area contributed by atoms with Crippen LogP contribution in [0.1, 0.15) is 10.4 Å². The van der Waals surface area contributed by atoms with Crippen LogP contribution in [0.4, 0.5) is 5.69 Å². The Morgan fingerprint density at radius 3 is 2.29 bits per heavy atom. The molecule has 0 spiro atoms. The minimum absolute atomic E-state index is 0.0180. The fourth-order valence-electron chi connectivity index (χ4n) is 1.66. The number of hydrogen-bond donors (Lipinski definition) is 2. The van der Waals surface area contributed by atoms with Crippen molar-refractivity contribution in [2.45, 2.75) is 4.90 Å². The average molecular weight is 390 g/mol. The summed E-state index contributed by atoms with van der Waals surface area (Å²) < 4.78 is 24.1. The lowest BCUT2D eigenvalue weighted by Gasteiger charge is -2.09. The number of amides is 1.